The third-order valence-corrected chi connectivity index (χ3v) is 4.01. The van der Waals surface area contributed by atoms with Crippen molar-refractivity contribution in [2.45, 2.75) is 24.7 Å². The second-order valence-corrected chi connectivity index (χ2v) is 5.34. The van der Waals surface area contributed by atoms with E-state index >= 15 is 0 Å². The van der Waals surface area contributed by atoms with Gasteiger partial charge in [-0.15, -0.1) is 0 Å². The first-order valence-electron chi connectivity index (χ1n) is 6.07. The zero-order chi connectivity index (χ0) is 13.6. The van der Waals surface area contributed by atoms with Gasteiger partial charge >= 0.3 is 5.97 Å². The molecule has 0 saturated heterocycles. The molecule has 1 heterocycles. The summed E-state index contributed by atoms with van der Waals surface area (Å²) < 4.78 is 10.8. The summed E-state index contributed by atoms with van der Waals surface area (Å²) >= 11 is 6.08. The summed E-state index contributed by atoms with van der Waals surface area (Å²) in [6.45, 7) is 0.797. The lowest BCUT2D eigenvalue weighted by Crippen LogP contribution is -2.18. The molecule has 102 valence electrons. The molecule has 0 unspecified atom stereocenters. The number of hydrogen-bond donors (Lipinski definition) is 2. The molecule has 0 spiro atoms. The summed E-state index contributed by atoms with van der Waals surface area (Å²) in [6, 6.07) is 1.66. The molecule has 5 nitrogen and oxygen atoms in total. The summed E-state index contributed by atoms with van der Waals surface area (Å²) in [5.74, 6) is -0.173. The topological polar surface area (TPSA) is 76.0 Å². The van der Waals surface area contributed by atoms with Crippen LogP contribution >= 0.6 is 11.6 Å². The lowest BCUT2D eigenvalue weighted by atomic mass is 9.91. The van der Waals surface area contributed by atoms with E-state index in [9.17, 15) is 9.90 Å². The van der Waals surface area contributed by atoms with Crippen molar-refractivity contribution in [1.82, 2.24) is 0 Å². The molecule has 19 heavy (non-hydrogen) atoms. The van der Waals surface area contributed by atoms with Crippen molar-refractivity contribution in [2.24, 2.45) is 0 Å². The Morgan fingerprint density at radius 1 is 1.37 bits per heavy atom. The zero-order valence-corrected chi connectivity index (χ0v) is 10.9. The fraction of sp³-hybridized carbons (Fsp3) is 0.462. The maximum Gasteiger partial charge on any atom is 0.304 e. The van der Waals surface area contributed by atoms with Gasteiger partial charge in [0.15, 0.2) is 11.5 Å². The summed E-state index contributed by atoms with van der Waals surface area (Å²) in [4.78, 5) is 10.9. The fourth-order valence-corrected chi connectivity index (χ4v) is 2.77. The van der Waals surface area contributed by atoms with E-state index in [-0.39, 0.29) is 17.2 Å². The lowest BCUT2D eigenvalue weighted by molar-refractivity contribution is -0.137. The second-order valence-electron chi connectivity index (χ2n) is 4.96. The van der Waals surface area contributed by atoms with Gasteiger partial charge in [0.1, 0.15) is 24.0 Å². The number of carbonyl (C=O) groups is 1. The molecule has 2 N–H and O–H groups in total. The van der Waals surface area contributed by atoms with Gasteiger partial charge in [0.05, 0.1) is 6.42 Å². The number of halogens is 1. The number of ether oxygens (including phenoxy) is 2. The van der Waals surface area contributed by atoms with Crippen LogP contribution in [-0.4, -0.2) is 29.4 Å². The van der Waals surface area contributed by atoms with E-state index in [0.29, 0.717) is 30.3 Å². The van der Waals surface area contributed by atoms with Crippen molar-refractivity contribution in [1.29, 1.82) is 0 Å². The van der Waals surface area contributed by atoms with E-state index in [0.717, 1.165) is 12.8 Å². The molecule has 1 aromatic rings. The third-order valence-electron chi connectivity index (χ3n) is 3.66. The molecule has 6 heteroatoms. The molecule has 0 amide bonds. The maximum atomic E-state index is 10.9. The highest BCUT2D eigenvalue weighted by Gasteiger charge is 2.48. The van der Waals surface area contributed by atoms with Crippen LogP contribution in [0.4, 0.5) is 0 Å². The van der Waals surface area contributed by atoms with E-state index < -0.39 is 11.4 Å². The summed E-state index contributed by atoms with van der Waals surface area (Å²) in [5.41, 5.74) is 0.0271. The number of phenolic OH excluding ortho intramolecular Hbond substituents is 1. The number of phenols is 1. The Labute approximate surface area is 114 Å². The number of aliphatic carboxylic acids is 1. The molecule has 1 saturated carbocycles. The predicted octanol–water partition coefficient (Wildman–Crippen LogP) is 2.32. The van der Waals surface area contributed by atoms with Gasteiger partial charge in [-0.25, -0.2) is 0 Å². The van der Waals surface area contributed by atoms with Crippen molar-refractivity contribution in [3.8, 4) is 17.2 Å². The van der Waals surface area contributed by atoms with Crippen LogP contribution in [0.25, 0.3) is 0 Å². The minimum absolute atomic E-state index is 0.0173. The Bertz CT molecular complexity index is 550. The van der Waals surface area contributed by atoms with Crippen LogP contribution in [-0.2, 0) is 10.2 Å². The first kappa shape index (κ1) is 12.4. The second kappa shape index (κ2) is 4.20. The molecule has 0 bridgehead atoms. The van der Waals surface area contributed by atoms with Gasteiger partial charge in [-0.2, -0.15) is 0 Å². The van der Waals surface area contributed by atoms with E-state index in [2.05, 4.69) is 0 Å². The molecular weight excluding hydrogens is 272 g/mol. The standard InChI is InChI=1S/C13H13ClO5/c14-10-11(17)7(13(1-2-13)6-9(15)16)5-8-12(10)19-4-3-18-8/h5,17H,1-4,6H2,(H,15,16). The number of benzene rings is 1. The van der Waals surface area contributed by atoms with E-state index in [4.69, 9.17) is 26.2 Å². The van der Waals surface area contributed by atoms with Crippen molar-refractivity contribution < 1.29 is 24.5 Å². The Kier molecular flexibility index (Phi) is 2.74. The largest absolute Gasteiger partial charge is 0.506 e. The van der Waals surface area contributed by atoms with Crippen molar-refractivity contribution in [3.05, 3.63) is 16.7 Å². The summed E-state index contributed by atoms with van der Waals surface area (Å²) in [6.07, 6.45) is 1.43. The first-order chi connectivity index (χ1) is 9.03. The molecule has 1 aliphatic carbocycles. The van der Waals surface area contributed by atoms with Crippen LogP contribution in [0.1, 0.15) is 24.8 Å². The van der Waals surface area contributed by atoms with Gasteiger partial charge in [-0.05, 0) is 18.9 Å². The number of hydrogen-bond acceptors (Lipinski definition) is 4. The number of rotatable bonds is 3. The molecule has 1 aromatic carbocycles. The van der Waals surface area contributed by atoms with Crippen molar-refractivity contribution >= 4 is 17.6 Å². The van der Waals surface area contributed by atoms with Gasteiger partial charge in [0, 0.05) is 11.0 Å². The third kappa shape index (κ3) is 1.98. The van der Waals surface area contributed by atoms with Gasteiger partial charge in [0.2, 0.25) is 0 Å². The van der Waals surface area contributed by atoms with Crippen LogP contribution in [0.2, 0.25) is 5.02 Å². The number of fused-ring (bicyclic) bond motifs is 1. The minimum atomic E-state index is -0.886. The van der Waals surface area contributed by atoms with E-state index in [1.54, 1.807) is 6.07 Å². The fourth-order valence-electron chi connectivity index (χ4n) is 2.52. The van der Waals surface area contributed by atoms with Crippen LogP contribution < -0.4 is 9.47 Å². The van der Waals surface area contributed by atoms with Gasteiger partial charge in [0.25, 0.3) is 0 Å². The molecule has 0 radical (unpaired) electrons. The molecule has 1 aliphatic heterocycles. The van der Waals surface area contributed by atoms with Crippen LogP contribution in [0.3, 0.4) is 0 Å². The Morgan fingerprint density at radius 3 is 2.68 bits per heavy atom. The average molecular weight is 285 g/mol. The van der Waals surface area contributed by atoms with Crippen molar-refractivity contribution in [3.63, 3.8) is 0 Å². The Balaban J connectivity index is 2.07. The quantitative estimate of drug-likeness (QED) is 0.891. The van der Waals surface area contributed by atoms with Gasteiger partial charge < -0.3 is 19.7 Å². The van der Waals surface area contributed by atoms with E-state index in [1.165, 1.54) is 0 Å². The first-order valence-corrected chi connectivity index (χ1v) is 6.45. The molecule has 0 atom stereocenters. The van der Waals surface area contributed by atoms with Crippen LogP contribution in [0, 0.1) is 0 Å². The minimum Gasteiger partial charge on any atom is -0.506 e. The Hall–Kier alpha value is -1.62. The van der Waals surface area contributed by atoms with Crippen LogP contribution in [0.15, 0.2) is 6.07 Å². The molecule has 0 aromatic heterocycles. The monoisotopic (exact) mass is 284 g/mol. The van der Waals surface area contributed by atoms with Gasteiger partial charge in [-0.3, -0.25) is 4.79 Å². The highest BCUT2D eigenvalue weighted by atomic mass is 35.5. The predicted molar refractivity (Wildman–Crippen MR) is 67.3 cm³/mol. The smallest absolute Gasteiger partial charge is 0.304 e. The van der Waals surface area contributed by atoms with E-state index in [1.807, 2.05) is 0 Å². The Morgan fingerprint density at radius 2 is 2.05 bits per heavy atom. The van der Waals surface area contributed by atoms with Crippen LogP contribution in [0.5, 0.6) is 17.2 Å². The molecule has 1 fully saturated rings. The normalized spacial score (nSPS) is 19.0. The van der Waals surface area contributed by atoms with Crippen molar-refractivity contribution in [2.75, 3.05) is 13.2 Å². The average Bonchev–Trinajstić information content (AvgIpc) is 3.13. The SMILES string of the molecule is O=C(O)CC1(c2cc3c(c(Cl)c2O)OCCO3)CC1. The molecule has 3 rings (SSSR count). The zero-order valence-electron chi connectivity index (χ0n) is 10.1. The summed E-state index contributed by atoms with van der Waals surface area (Å²) in [7, 11) is 0. The van der Waals surface area contributed by atoms with Gasteiger partial charge in [-0.1, -0.05) is 11.6 Å². The number of carboxylic acid groups (broad SMARTS) is 1. The number of carboxylic acids is 1. The maximum absolute atomic E-state index is 10.9. The lowest BCUT2D eigenvalue weighted by Gasteiger charge is -2.23. The summed E-state index contributed by atoms with van der Waals surface area (Å²) in [5, 5.41) is 19.3. The highest BCUT2D eigenvalue weighted by Crippen LogP contribution is 2.58. The highest BCUT2D eigenvalue weighted by molar-refractivity contribution is 6.34. The number of aromatic hydroxyl groups is 1. The molecule has 2 aliphatic rings. The molecular formula is C13H13ClO5.